The van der Waals surface area contributed by atoms with Crippen molar-refractivity contribution < 1.29 is 4.74 Å². The van der Waals surface area contributed by atoms with Crippen LogP contribution in [0.3, 0.4) is 0 Å². The van der Waals surface area contributed by atoms with Gasteiger partial charge in [0.05, 0.1) is 6.10 Å². The molecule has 1 aliphatic carbocycles. The molecule has 1 aliphatic rings. The SMILES string of the molecule is CCCCCCC(NN)C(OC)C1CC1. The third kappa shape index (κ3) is 4.49. The minimum atomic E-state index is 0.330. The quantitative estimate of drug-likeness (QED) is 0.351. The molecule has 1 fully saturated rings. The number of nitrogens with two attached hydrogens (primary N) is 1. The van der Waals surface area contributed by atoms with Gasteiger partial charge in [0.15, 0.2) is 0 Å². The van der Waals surface area contributed by atoms with Crippen molar-refractivity contribution >= 4 is 0 Å². The highest BCUT2D eigenvalue weighted by Gasteiger charge is 2.35. The molecule has 0 aromatic heterocycles. The van der Waals surface area contributed by atoms with Gasteiger partial charge < -0.3 is 4.74 Å². The number of methoxy groups -OCH3 is 1. The third-order valence-corrected chi connectivity index (χ3v) is 3.34. The first kappa shape index (κ1) is 12.9. The normalized spacial score (nSPS) is 20.2. The molecule has 0 aliphatic heterocycles. The molecule has 0 spiro atoms. The van der Waals surface area contributed by atoms with Crippen LogP contribution >= 0.6 is 0 Å². The van der Waals surface area contributed by atoms with Gasteiger partial charge in [-0.05, 0) is 25.2 Å². The summed E-state index contributed by atoms with van der Waals surface area (Å²) < 4.78 is 5.54. The summed E-state index contributed by atoms with van der Waals surface area (Å²) in [6.45, 7) is 2.24. The van der Waals surface area contributed by atoms with E-state index >= 15 is 0 Å². The van der Waals surface area contributed by atoms with Gasteiger partial charge in [0.2, 0.25) is 0 Å². The van der Waals surface area contributed by atoms with Crippen molar-refractivity contribution in [2.75, 3.05) is 7.11 Å². The van der Waals surface area contributed by atoms with Crippen LogP contribution in [0.5, 0.6) is 0 Å². The van der Waals surface area contributed by atoms with Crippen LogP contribution in [0, 0.1) is 5.92 Å². The van der Waals surface area contributed by atoms with Crippen LogP contribution < -0.4 is 11.3 Å². The summed E-state index contributed by atoms with van der Waals surface area (Å²) in [5.41, 5.74) is 2.93. The first-order valence-electron chi connectivity index (χ1n) is 6.32. The lowest BCUT2D eigenvalue weighted by Crippen LogP contribution is -2.45. The maximum atomic E-state index is 5.60. The van der Waals surface area contributed by atoms with Crippen molar-refractivity contribution in [2.45, 2.75) is 64.0 Å². The Hall–Kier alpha value is -0.120. The smallest absolute Gasteiger partial charge is 0.0765 e. The van der Waals surface area contributed by atoms with Crippen molar-refractivity contribution in [1.29, 1.82) is 0 Å². The first-order valence-corrected chi connectivity index (χ1v) is 6.32. The molecule has 0 amide bonds. The zero-order valence-corrected chi connectivity index (χ0v) is 10.2. The highest BCUT2D eigenvalue weighted by molar-refractivity contribution is 4.89. The third-order valence-electron chi connectivity index (χ3n) is 3.34. The Bertz CT molecular complexity index is 160. The van der Waals surface area contributed by atoms with Gasteiger partial charge in [-0.25, -0.2) is 0 Å². The van der Waals surface area contributed by atoms with Gasteiger partial charge in [-0.1, -0.05) is 32.6 Å². The van der Waals surface area contributed by atoms with Crippen molar-refractivity contribution in [3.8, 4) is 0 Å². The van der Waals surface area contributed by atoms with E-state index < -0.39 is 0 Å². The number of hydrogen-bond donors (Lipinski definition) is 2. The van der Waals surface area contributed by atoms with E-state index in [0.717, 1.165) is 12.3 Å². The molecule has 90 valence electrons. The number of rotatable bonds is 9. The molecule has 2 unspecified atom stereocenters. The molecule has 3 N–H and O–H groups in total. The molecule has 3 heteroatoms. The molecule has 3 nitrogen and oxygen atoms in total. The lowest BCUT2D eigenvalue weighted by atomic mass is 10.00. The summed E-state index contributed by atoms with van der Waals surface area (Å²) in [5.74, 6) is 6.35. The van der Waals surface area contributed by atoms with Crippen molar-refractivity contribution in [3.63, 3.8) is 0 Å². The van der Waals surface area contributed by atoms with Crippen molar-refractivity contribution in [1.82, 2.24) is 5.43 Å². The van der Waals surface area contributed by atoms with Crippen LogP contribution in [0.15, 0.2) is 0 Å². The van der Waals surface area contributed by atoms with Gasteiger partial charge in [0.25, 0.3) is 0 Å². The molecule has 0 saturated heterocycles. The second-order valence-electron chi connectivity index (χ2n) is 4.66. The minimum absolute atomic E-state index is 0.330. The largest absolute Gasteiger partial charge is 0.379 e. The topological polar surface area (TPSA) is 47.3 Å². The van der Waals surface area contributed by atoms with Crippen molar-refractivity contribution in [2.24, 2.45) is 11.8 Å². The maximum absolute atomic E-state index is 5.60. The Kier molecular flexibility index (Phi) is 6.22. The van der Waals surface area contributed by atoms with Crippen LogP contribution in [0.4, 0.5) is 0 Å². The number of hydrogen-bond acceptors (Lipinski definition) is 3. The molecule has 0 bridgehead atoms. The molecule has 0 heterocycles. The number of nitrogens with one attached hydrogen (secondary N) is 1. The van der Waals surface area contributed by atoms with Crippen molar-refractivity contribution in [3.05, 3.63) is 0 Å². The maximum Gasteiger partial charge on any atom is 0.0765 e. The second-order valence-corrected chi connectivity index (χ2v) is 4.66. The Morgan fingerprint density at radius 1 is 1.33 bits per heavy atom. The fourth-order valence-corrected chi connectivity index (χ4v) is 2.24. The van der Waals surface area contributed by atoms with Gasteiger partial charge in [-0.15, -0.1) is 0 Å². The Morgan fingerprint density at radius 3 is 2.53 bits per heavy atom. The van der Waals surface area contributed by atoms with Crippen LogP contribution in [-0.4, -0.2) is 19.3 Å². The summed E-state index contributed by atoms with van der Waals surface area (Å²) in [7, 11) is 1.80. The summed E-state index contributed by atoms with van der Waals surface area (Å²) in [6.07, 6.45) is 9.29. The van der Waals surface area contributed by atoms with Gasteiger partial charge in [0, 0.05) is 13.2 Å². The van der Waals surface area contributed by atoms with Crippen LogP contribution in [-0.2, 0) is 4.74 Å². The average Bonchev–Trinajstić information content (AvgIpc) is 3.06. The van der Waals surface area contributed by atoms with E-state index in [4.69, 9.17) is 10.6 Å². The fourth-order valence-electron chi connectivity index (χ4n) is 2.24. The summed E-state index contributed by atoms with van der Waals surface area (Å²) in [6, 6.07) is 0.347. The Labute approximate surface area is 93.7 Å². The zero-order valence-electron chi connectivity index (χ0n) is 10.2. The molecule has 1 rings (SSSR count). The number of unbranched alkanes of at least 4 members (excludes halogenated alkanes) is 3. The molecular formula is C12H26N2O. The molecule has 0 radical (unpaired) electrons. The van der Waals surface area contributed by atoms with E-state index in [1.165, 1.54) is 38.5 Å². The van der Waals surface area contributed by atoms with Gasteiger partial charge in [0.1, 0.15) is 0 Å². The van der Waals surface area contributed by atoms with Gasteiger partial charge in [-0.3, -0.25) is 11.3 Å². The lowest BCUT2D eigenvalue weighted by Gasteiger charge is -2.25. The number of hydrazine groups is 1. The fraction of sp³-hybridized carbons (Fsp3) is 1.00. The molecule has 1 saturated carbocycles. The van der Waals surface area contributed by atoms with Gasteiger partial charge in [-0.2, -0.15) is 0 Å². The van der Waals surface area contributed by atoms with Crippen LogP contribution in [0.25, 0.3) is 0 Å². The number of ether oxygens (including phenoxy) is 1. The molecule has 0 aromatic carbocycles. The molecule has 2 atom stereocenters. The average molecular weight is 214 g/mol. The highest BCUT2D eigenvalue weighted by atomic mass is 16.5. The van der Waals surface area contributed by atoms with Gasteiger partial charge >= 0.3 is 0 Å². The van der Waals surface area contributed by atoms with E-state index in [1.807, 2.05) is 0 Å². The first-order chi connectivity index (χ1) is 7.33. The van der Waals surface area contributed by atoms with E-state index in [1.54, 1.807) is 7.11 Å². The van der Waals surface area contributed by atoms with E-state index in [2.05, 4.69) is 12.3 Å². The summed E-state index contributed by atoms with van der Waals surface area (Å²) >= 11 is 0. The molecule has 0 aromatic rings. The van der Waals surface area contributed by atoms with Crippen LogP contribution in [0.2, 0.25) is 0 Å². The predicted octanol–water partition coefficient (Wildman–Crippen LogP) is 2.21. The molecule has 15 heavy (non-hydrogen) atoms. The standard InChI is InChI=1S/C12H26N2O/c1-3-4-5-6-7-11(14-13)12(15-2)10-8-9-10/h10-12,14H,3-9,13H2,1-2H3. The minimum Gasteiger partial charge on any atom is -0.379 e. The lowest BCUT2D eigenvalue weighted by molar-refractivity contribution is 0.0475. The highest BCUT2D eigenvalue weighted by Crippen LogP contribution is 2.36. The Balaban J connectivity index is 2.20. The predicted molar refractivity (Wildman–Crippen MR) is 63.4 cm³/mol. The monoisotopic (exact) mass is 214 g/mol. The Morgan fingerprint density at radius 2 is 2.07 bits per heavy atom. The van der Waals surface area contributed by atoms with Crippen LogP contribution in [0.1, 0.15) is 51.9 Å². The zero-order chi connectivity index (χ0) is 11.1. The summed E-state index contributed by atoms with van der Waals surface area (Å²) in [5, 5.41) is 0. The van der Waals surface area contributed by atoms with E-state index in [0.29, 0.717) is 12.1 Å². The second kappa shape index (κ2) is 7.20. The van der Waals surface area contributed by atoms with E-state index in [9.17, 15) is 0 Å². The summed E-state index contributed by atoms with van der Waals surface area (Å²) in [4.78, 5) is 0. The molecular weight excluding hydrogens is 188 g/mol. The van der Waals surface area contributed by atoms with E-state index in [-0.39, 0.29) is 0 Å².